The van der Waals surface area contributed by atoms with Crippen molar-refractivity contribution in [2.75, 3.05) is 32.5 Å². The van der Waals surface area contributed by atoms with Crippen molar-refractivity contribution in [1.29, 1.82) is 0 Å². The molecule has 5 nitrogen and oxygen atoms in total. The van der Waals surface area contributed by atoms with E-state index in [4.69, 9.17) is 0 Å². The van der Waals surface area contributed by atoms with Gasteiger partial charge in [-0.2, -0.15) is 13.2 Å². The number of rotatable bonds is 4. The monoisotopic (exact) mass is 385 g/mol. The minimum Gasteiger partial charge on any atom is -0.345 e. The van der Waals surface area contributed by atoms with E-state index in [0.717, 1.165) is 50.9 Å². The number of likely N-dealkylation sites (tertiary alicyclic amines) is 1. The third-order valence-corrected chi connectivity index (χ3v) is 4.75. The van der Waals surface area contributed by atoms with Crippen molar-refractivity contribution >= 4 is 17.5 Å². The molecule has 1 aliphatic heterocycles. The van der Waals surface area contributed by atoms with Gasteiger partial charge in [-0.3, -0.25) is 14.5 Å². The van der Waals surface area contributed by atoms with Crippen LogP contribution in [0.4, 0.5) is 18.9 Å². The fourth-order valence-corrected chi connectivity index (χ4v) is 3.14. The SMILES string of the molecule is CC(C(=O)Nc1cc(C(=O)N(C)C)cc(C(F)(F)F)c1)N1CCCCCC1. The Kier molecular flexibility index (Phi) is 6.86. The number of carbonyl (C=O) groups excluding carboxylic acids is 2. The lowest BCUT2D eigenvalue weighted by Crippen LogP contribution is -2.42. The van der Waals surface area contributed by atoms with Gasteiger partial charge in [-0.1, -0.05) is 12.8 Å². The van der Waals surface area contributed by atoms with Gasteiger partial charge in [0.1, 0.15) is 0 Å². The maximum atomic E-state index is 13.2. The lowest BCUT2D eigenvalue weighted by molar-refractivity contribution is -0.137. The molecule has 27 heavy (non-hydrogen) atoms. The van der Waals surface area contributed by atoms with Crippen molar-refractivity contribution in [3.63, 3.8) is 0 Å². The Hall–Kier alpha value is -2.09. The smallest absolute Gasteiger partial charge is 0.345 e. The molecule has 1 saturated heterocycles. The summed E-state index contributed by atoms with van der Waals surface area (Å²) in [6.07, 6.45) is -0.368. The number of benzene rings is 1. The van der Waals surface area contributed by atoms with E-state index in [1.165, 1.54) is 25.1 Å². The zero-order valence-corrected chi connectivity index (χ0v) is 15.9. The highest BCUT2D eigenvalue weighted by Crippen LogP contribution is 2.32. The summed E-state index contributed by atoms with van der Waals surface area (Å²) in [5.41, 5.74) is -1.11. The zero-order chi connectivity index (χ0) is 20.2. The van der Waals surface area contributed by atoms with Crippen molar-refractivity contribution in [2.24, 2.45) is 0 Å². The molecule has 0 spiro atoms. The number of hydrogen-bond acceptors (Lipinski definition) is 3. The molecule has 0 radical (unpaired) electrons. The molecule has 1 fully saturated rings. The van der Waals surface area contributed by atoms with E-state index in [2.05, 4.69) is 5.32 Å². The average molecular weight is 385 g/mol. The largest absolute Gasteiger partial charge is 0.416 e. The van der Waals surface area contributed by atoms with Gasteiger partial charge in [0.2, 0.25) is 5.91 Å². The standard InChI is InChI=1S/C19H26F3N3O2/c1-13(25-8-6-4-5-7-9-25)17(26)23-16-11-14(18(27)24(2)3)10-15(12-16)19(20,21)22/h10-13H,4-9H2,1-3H3,(H,23,26). The molecule has 1 heterocycles. The van der Waals surface area contributed by atoms with Crippen LogP contribution in [-0.4, -0.2) is 54.8 Å². The maximum absolute atomic E-state index is 13.2. The second kappa shape index (κ2) is 8.73. The summed E-state index contributed by atoms with van der Waals surface area (Å²) >= 11 is 0. The van der Waals surface area contributed by atoms with Gasteiger partial charge in [0.05, 0.1) is 11.6 Å². The summed E-state index contributed by atoms with van der Waals surface area (Å²) in [4.78, 5) is 27.9. The van der Waals surface area contributed by atoms with E-state index >= 15 is 0 Å². The van der Waals surface area contributed by atoms with Crippen LogP contribution in [0.2, 0.25) is 0 Å². The first-order valence-corrected chi connectivity index (χ1v) is 9.08. The molecule has 0 aliphatic carbocycles. The quantitative estimate of drug-likeness (QED) is 0.862. The van der Waals surface area contributed by atoms with Gasteiger partial charge in [-0.25, -0.2) is 0 Å². The first kappa shape index (κ1) is 21.2. The van der Waals surface area contributed by atoms with Crippen LogP contribution in [0.1, 0.15) is 48.5 Å². The molecule has 1 aliphatic rings. The topological polar surface area (TPSA) is 52.7 Å². The van der Waals surface area contributed by atoms with Gasteiger partial charge in [-0.15, -0.1) is 0 Å². The normalized spacial score (nSPS) is 17.1. The van der Waals surface area contributed by atoms with Crippen LogP contribution < -0.4 is 5.32 Å². The van der Waals surface area contributed by atoms with E-state index < -0.39 is 23.7 Å². The van der Waals surface area contributed by atoms with E-state index in [9.17, 15) is 22.8 Å². The number of hydrogen-bond donors (Lipinski definition) is 1. The van der Waals surface area contributed by atoms with Crippen molar-refractivity contribution < 1.29 is 22.8 Å². The molecule has 1 N–H and O–H groups in total. The Morgan fingerprint density at radius 3 is 2.19 bits per heavy atom. The van der Waals surface area contributed by atoms with Gasteiger partial charge < -0.3 is 10.2 Å². The van der Waals surface area contributed by atoms with Gasteiger partial charge in [-0.05, 0) is 51.1 Å². The van der Waals surface area contributed by atoms with Gasteiger partial charge in [0, 0.05) is 25.3 Å². The fraction of sp³-hybridized carbons (Fsp3) is 0.579. The Morgan fingerprint density at radius 2 is 1.67 bits per heavy atom. The van der Waals surface area contributed by atoms with E-state index in [1.807, 2.05) is 4.90 Å². The van der Waals surface area contributed by atoms with Gasteiger partial charge in [0.25, 0.3) is 5.91 Å². The highest BCUT2D eigenvalue weighted by molar-refractivity contribution is 5.98. The summed E-state index contributed by atoms with van der Waals surface area (Å²) in [7, 11) is 2.92. The number of nitrogens with zero attached hydrogens (tertiary/aromatic N) is 2. The van der Waals surface area contributed by atoms with Crippen LogP contribution in [0.5, 0.6) is 0 Å². The molecule has 1 aromatic rings. The van der Waals surface area contributed by atoms with Crippen molar-refractivity contribution in [3.8, 4) is 0 Å². The molecular formula is C19H26F3N3O2. The third-order valence-electron chi connectivity index (χ3n) is 4.75. The van der Waals surface area contributed by atoms with Crippen LogP contribution in [0.25, 0.3) is 0 Å². The second-order valence-electron chi connectivity index (χ2n) is 7.11. The average Bonchev–Trinajstić information content (AvgIpc) is 2.88. The Bertz CT molecular complexity index is 681. The molecule has 150 valence electrons. The Morgan fingerprint density at radius 1 is 1.07 bits per heavy atom. The second-order valence-corrected chi connectivity index (χ2v) is 7.11. The Balaban J connectivity index is 2.24. The first-order valence-electron chi connectivity index (χ1n) is 9.08. The predicted molar refractivity (Wildman–Crippen MR) is 97.6 cm³/mol. The summed E-state index contributed by atoms with van der Waals surface area (Å²) < 4.78 is 39.6. The number of alkyl halides is 3. The number of amides is 2. The summed E-state index contributed by atoms with van der Waals surface area (Å²) in [5.74, 6) is -0.934. The fourth-order valence-electron chi connectivity index (χ4n) is 3.14. The molecule has 2 amide bonds. The maximum Gasteiger partial charge on any atom is 0.416 e. The van der Waals surface area contributed by atoms with Crippen molar-refractivity contribution in [2.45, 2.75) is 44.8 Å². The molecule has 1 aromatic carbocycles. The highest BCUT2D eigenvalue weighted by Gasteiger charge is 2.32. The number of nitrogens with one attached hydrogen (secondary N) is 1. The van der Waals surface area contributed by atoms with E-state index in [0.29, 0.717) is 0 Å². The highest BCUT2D eigenvalue weighted by atomic mass is 19.4. The van der Waals surface area contributed by atoms with Crippen LogP contribution in [0.15, 0.2) is 18.2 Å². The Labute approximate surface area is 157 Å². The first-order chi connectivity index (χ1) is 12.6. The summed E-state index contributed by atoms with van der Waals surface area (Å²) in [6, 6.07) is 2.49. The minimum absolute atomic E-state index is 0.0262. The van der Waals surface area contributed by atoms with Crippen LogP contribution in [-0.2, 0) is 11.0 Å². The molecule has 0 saturated carbocycles. The number of anilines is 1. The molecule has 8 heteroatoms. The molecule has 1 unspecified atom stereocenters. The number of halogens is 3. The van der Waals surface area contributed by atoms with Crippen LogP contribution >= 0.6 is 0 Å². The van der Waals surface area contributed by atoms with E-state index in [1.54, 1.807) is 6.92 Å². The molecule has 0 aromatic heterocycles. The zero-order valence-electron chi connectivity index (χ0n) is 15.9. The van der Waals surface area contributed by atoms with Crippen LogP contribution in [0.3, 0.4) is 0 Å². The molecule has 2 rings (SSSR count). The lowest BCUT2D eigenvalue weighted by atomic mass is 10.1. The van der Waals surface area contributed by atoms with Crippen LogP contribution in [0, 0.1) is 0 Å². The van der Waals surface area contributed by atoms with Gasteiger partial charge in [0.15, 0.2) is 0 Å². The van der Waals surface area contributed by atoms with E-state index in [-0.39, 0.29) is 17.2 Å². The van der Waals surface area contributed by atoms with Crippen molar-refractivity contribution in [1.82, 2.24) is 9.80 Å². The predicted octanol–water partition coefficient (Wildman–Crippen LogP) is 3.61. The van der Waals surface area contributed by atoms with Gasteiger partial charge >= 0.3 is 6.18 Å². The minimum atomic E-state index is -4.61. The summed E-state index contributed by atoms with van der Waals surface area (Å²) in [6.45, 7) is 3.34. The molecule has 0 bridgehead atoms. The molecule has 1 atom stereocenters. The number of carbonyl (C=O) groups is 2. The summed E-state index contributed by atoms with van der Waals surface area (Å²) in [5, 5.41) is 2.55. The molecular weight excluding hydrogens is 359 g/mol. The van der Waals surface area contributed by atoms with Crippen molar-refractivity contribution in [3.05, 3.63) is 29.3 Å². The lowest BCUT2D eigenvalue weighted by Gasteiger charge is -2.26. The third kappa shape index (κ3) is 5.69.